The van der Waals surface area contributed by atoms with Crippen LogP contribution in [0.5, 0.6) is 5.75 Å². The van der Waals surface area contributed by atoms with Crippen molar-refractivity contribution < 1.29 is 19.0 Å². The van der Waals surface area contributed by atoms with Gasteiger partial charge in [0.15, 0.2) is 6.29 Å². The number of carbonyl (C=O) groups is 1. The third-order valence-electron chi connectivity index (χ3n) is 7.10. The molecule has 0 saturated heterocycles. The SMILES string of the molecule is CCC(C)(C)C(=O)OCc1cccc2c(OC(C)OC3CC4CCC3C4)cccc12. The Hall–Kier alpha value is -2.07. The minimum atomic E-state index is -0.467. The van der Waals surface area contributed by atoms with Crippen molar-refractivity contribution in [3.63, 3.8) is 0 Å². The van der Waals surface area contributed by atoms with Crippen LogP contribution < -0.4 is 4.74 Å². The number of carbonyl (C=O) groups excluding carboxylic acids is 1. The monoisotopic (exact) mass is 410 g/mol. The van der Waals surface area contributed by atoms with Crippen LogP contribution in [-0.4, -0.2) is 18.4 Å². The first-order valence-electron chi connectivity index (χ1n) is 11.4. The normalized spacial score (nSPS) is 24.2. The van der Waals surface area contributed by atoms with E-state index in [0.29, 0.717) is 12.0 Å². The van der Waals surface area contributed by atoms with E-state index in [1.54, 1.807) is 0 Å². The number of fused-ring (bicyclic) bond motifs is 3. The maximum absolute atomic E-state index is 12.4. The van der Waals surface area contributed by atoms with Crippen molar-refractivity contribution in [1.82, 2.24) is 0 Å². The molecule has 4 unspecified atom stereocenters. The molecular formula is C26H34O4. The van der Waals surface area contributed by atoms with Gasteiger partial charge in [0.2, 0.25) is 0 Å². The first kappa shape index (κ1) is 21.2. The summed E-state index contributed by atoms with van der Waals surface area (Å²) in [6, 6.07) is 12.1. The maximum atomic E-state index is 12.4. The van der Waals surface area contributed by atoms with Crippen LogP contribution in [0.3, 0.4) is 0 Å². The van der Waals surface area contributed by atoms with Gasteiger partial charge in [0.05, 0.1) is 11.5 Å². The van der Waals surface area contributed by atoms with Crippen LogP contribution in [0.15, 0.2) is 36.4 Å². The lowest BCUT2D eigenvalue weighted by atomic mass is 9.91. The molecule has 2 aromatic carbocycles. The molecule has 162 valence electrons. The zero-order chi connectivity index (χ0) is 21.3. The Morgan fingerprint density at radius 1 is 1.10 bits per heavy atom. The minimum Gasteiger partial charge on any atom is -0.465 e. The first-order valence-corrected chi connectivity index (χ1v) is 11.4. The molecule has 0 amide bonds. The Morgan fingerprint density at radius 2 is 1.87 bits per heavy atom. The van der Waals surface area contributed by atoms with Gasteiger partial charge in [-0.1, -0.05) is 37.3 Å². The zero-order valence-corrected chi connectivity index (χ0v) is 18.6. The molecule has 0 heterocycles. The molecule has 2 fully saturated rings. The Labute approximate surface area is 179 Å². The van der Waals surface area contributed by atoms with E-state index in [1.807, 2.05) is 52.0 Å². The minimum absolute atomic E-state index is 0.165. The second kappa shape index (κ2) is 8.58. The number of ether oxygens (including phenoxy) is 3. The third kappa shape index (κ3) is 4.34. The third-order valence-corrected chi connectivity index (χ3v) is 7.10. The van der Waals surface area contributed by atoms with E-state index in [1.165, 1.54) is 25.7 Å². The summed E-state index contributed by atoms with van der Waals surface area (Å²) in [5.74, 6) is 2.21. The Bertz CT molecular complexity index is 903. The number of esters is 1. The molecule has 2 bridgehead atoms. The number of benzene rings is 2. The van der Waals surface area contributed by atoms with E-state index >= 15 is 0 Å². The molecule has 4 heteroatoms. The molecule has 4 rings (SSSR count). The molecule has 2 aliphatic rings. The largest absolute Gasteiger partial charge is 0.465 e. The van der Waals surface area contributed by atoms with Gasteiger partial charge >= 0.3 is 5.97 Å². The van der Waals surface area contributed by atoms with Gasteiger partial charge < -0.3 is 14.2 Å². The summed E-state index contributed by atoms with van der Waals surface area (Å²) in [5.41, 5.74) is 0.519. The van der Waals surface area contributed by atoms with E-state index in [0.717, 1.165) is 34.4 Å². The number of rotatable bonds is 8. The van der Waals surface area contributed by atoms with Gasteiger partial charge in [-0.15, -0.1) is 0 Å². The lowest BCUT2D eigenvalue weighted by Crippen LogP contribution is -2.28. The van der Waals surface area contributed by atoms with E-state index in [-0.39, 0.29) is 18.9 Å². The Morgan fingerprint density at radius 3 is 2.57 bits per heavy atom. The highest BCUT2D eigenvalue weighted by molar-refractivity contribution is 5.91. The molecule has 0 aromatic heterocycles. The van der Waals surface area contributed by atoms with Crippen molar-refractivity contribution in [2.45, 2.75) is 78.8 Å². The predicted octanol–water partition coefficient (Wildman–Crippen LogP) is 6.25. The summed E-state index contributed by atoms with van der Waals surface area (Å²) >= 11 is 0. The van der Waals surface area contributed by atoms with Gasteiger partial charge in [-0.2, -0.15) is 0 Å². The summed E-state index contributed by atoms with van der Waals surface area (Å²) < 4.78 is 18.1. The lowest BCUT2D eigenvalue weighted by Gasteiger charge is -2.26. The average molecular weight is 411 g/mol. The highest BCUT2D eigenvalue weighted by atomic mass is 16.7. The summed E-state index contributed by atoms with van der Waals surface area (Å²) in [5, 5.41) is 2.06. The molecule has 30 heavy (non-hydrogen) atoms. The van der Waals surface area contributed by atoms with E-state index in [9.17, 15) is 4.79 Å². The van der Waals surface area contributed by atoms with Crippen molar-refractivity contribution in [1.29, 1.82) is 0 Å². The second-order valence-electron chi connectivity index (χ2n) is 9.62. The average Bonchev–Trinajstić information content (AvgIpc) is 3.35. The quantitative estimate of drug-likeness (QED) is 0.381. The highest BCUT2D eigenvalue weighted by Crippen LogP contribution is 2.46. The van der Waals surface area contributed by atoms with Crippen LogP contribution in [-0.2, 0) is 20.9 Å². The van der Waals surface area contributed by atoms with Gasteiger partial charge in [0.25, 0.3) is 0 Å². The van der Waals surface area contributed by atoms with Crippen LogP contribution in [0.1, 0.15) is 65.4 Å². The summed E-state index contributed by atoms with van der Waals surface area (Å²) in [6.45, 7) is 8.09. The molecule has 2 saturated carbocycles. The number of hydrogen-bond acceptors (Lipinski definition) is 4. The van der Waals surface area contributed by atoms with Gasteiger partial charge in [0.1, 0.15) is 12.4 Å². The highest BCUT2D eigenvalue weighted by Gasteiger charge is 2.41. The molecule has 2 aliphatic carbocycles. The van der Waals surface area contributed by atoms with Crippen molar-refractivity contribution in [2.75, 3.05) is 0 Å². The van der Waals surface area contributed by atoms with Crippen molar-refractivity contribution in [3.05, 3.63) is 42.0 Å². The standard InChI is InChI=1S/C26H34O4/c1-5-26(3,4)25(27)28-16-20-8-6-10-22-21(20)9-7-11-23(22)29-17(2)30-24-15-18-12-13-19(24)14-18/h6-11,17-19,24H,5,12-16H2,1-4H3. The summed E-state index contributed by atoms with van der Waals surface area (Å²) in [4.78, 5) is 12.4. The summed E-state index contributed by atoms with van der Waals surface area (Å²) in [7, 11) is 0. The molecule has 2 aromatic rings. The molecule has 0 radical (unpaired) electrons. The van der Waals surface area contributed by atoms with Gasteiger partial charge in [-0.05, 0) is 81.7 Å². The van der Waals surface area contributed by atoms with Crippen LogP contribution in [0.25, 0.3) is 10.8 Å². The predicted molar refractivity (Wildman–Crippen MR) is 118 cm³/mol. The van der Waals surface area contributed by atoms with Crippen molar-refractivity contribution >= 4 is 16.7 Å². The van der Waals surface area contributed by atoms with Crippen LogP contribution in [0.4, 0.5) is 0 Å². The molecule has 0 spiro atoms. The van der Waals surface area contributed by atoms with Crippen LogP contribution in [0, 0.1) is 17.3 Å². The topological polar surface area (TPSA) is 44.8 Å². The molecule has 4 atom stereocenters. The van der Waals surface area contributed by atoms with E-state index in [4.69, 9.17) is 14.2 Å². The second-order valence-corrected chi connectivity index (χ2v) is 9.62. The van der Waals surface area contributed by atoms with Crippen LogP contribution >= 0.6 is 0 Å². The molecule has 0 aliphatic heterocycles. The van der Waals surface area contributed by atoms with Gasteiger partial charge in [0, 0.05) is 5.39 Å². The maximum Gasteiger partial charge on any atom is 0.311 e. The smallest absolute Gasteiger partial charge is 0.311 e. The fraction of sp³-hybridized carbons (Fsp3) is 0.577. The molecule has 0 N–H and O–H groups in total. The zero-order valence-electron chi connectivity index (χ0n) is 18.6. The van der Waals surface area contributed by atoms with Crippen LogP contribution in [0.2, 0.25) is 0 Å². The fourth-order valence-electron chi connectivity index (χ4n) is 4.86. The fourth-order valence-corrected chi connectivity index (χ4v) is 4.86. The summed E-state index contributed by atoms with van der Waals surface area (Å²) in [6.07, 6.45) is 5.97. The van der Waals surface area contributed by atoms with Gasteiger partial charge in [-0.25, -0.2) is 0 Å². The van der Waals surface area contributed by atoms with E-state index in [2.05, 4.69) is 12.1 Å². The van der Waals surface area contributed by atoms with E-state index < -0.39 is 5.41 Å². The Kier molecular flexibility index (Phi) is 6.06. The van der Waals surface area contributed by atoms with Crippen molar-refractivity contribution in [3.8, 4) is 5.75 Å². The number of hydrogen-bond donors (Lipinski definition) is 0. The van der Waals surface area contributed by atoms with Gasteiger partial charge in [-0.3, -0.25) is 4.79 Å². The Balaban J connectivity index is 1.46. The first-order chi connectivity index (χ1) is 14.4. The lowest BCUT2D eigenvalue weighted by molar-refractivity contribution is -0.155. The molecule has 4 nitrogen and oxygen atoms in total. The molecular weight excluding hydrogens is 376 g/mol. The van der Waals surface area contributed by atoms with Crippen molar-refractivity contribution in [2.24, 2.45) is 17.3 Å².